The van der Waals surface area contributed by atoms with E-state index in [1.54, 1.807) is 81.5 Å². The largest absolute Gasteiger partial charge is 0.460 e. The van der Waals surface area contributed by atoms with E-state index in [1.807, 2.05) is 11.9 Å². The molecule has 10 heteroatoms. The van der Waals surface area contributed by atoms with Crippen LogP contribution >= 0.6 is 0 Å². The third-order valence-corrected chi connectivity index (χ3v) is 6.83. The molecule has 1 amide bonds. The van der Waals surface area contributed by atoms with Crippen molar-refractivity contribution < 1.29 is 38.1 Å². The molecule has 45 heavy (non-hydrogen) atoms. The Morgan fingerprint density at radius 1 is 0.600 bits per heavy atom. The van der Waals surface area contributed by atoms with E-state index >= 15 is 0 Å². The fourth-order valence-electron chi connectivity index (χ4n) is 3.60. The molecule has 0 spiro atoms. The molecule has 0 aliphatic rings. The van der Waals surface area contributed by atoms with Gasteiger partial charge in [0, 0.05) is 49.4 Å². The van der Waals surface area contributed by atoms with Gasteiger partial charge in [-0.3, -0.25) is 14.4 Å². The van der Waals surface area contributed by atoms with Gasteiger partial charge in [0.1, 0.15) is 25.6 Å². The van der Waals surface area contributed by atoms with Crippen LogP contribution in [0.1, 0.15) is 99.8 Å². The molecule has 10 nitrogen and oxygen atoms in total. The molecule has 1 aromatic rings. The molecule has 0 saturated heterocycles. The molecule has 0 aliphatic heterocycles. The first kappa shape index (κ1) is 39.5. The highest BCUT2D eigenvalue weighted by Crippen LogP contribution is 2.31. The van der Waals surface area contributed by atoms with E-state index in [9.17, 15) is 19.2 Å². The van der Waals surface area contributed by atoms with Crippen molar-refractivity contribution in [3.63, 3.8) is 0 Å². The quantitative estimate of drug-likeness (QED) is 0.190. The van der Waals surface area contributed by atoms with Gasteiger partial charge in [-0.15, -0.1) is 0 Å². The molecule has 0 N–H and O–H groups in total. The number of nitrogens with zero attached hydrogens (tertiary/aromatic N) is 2. The van der Waals surface area contributed by atoms with E-state index in [0.29, 0.717) is 29.8 Å². The molecule has 0 heterocycles. The molecule has 1 rings (SSSR count). The van der Waals surface area contributed by atoms with E-state index in [1.165, 1.54) is 4.90 Å². The van der Waals surface area contributed by atoms with Crippen molar-refractivity contribution in [2.24, 2.45) is 21.7 Å². The zero-order valence-corrected chi connectivity index (χ0v) is 30.1. The first-order valence-electron chi connectivity index (χ1n) is 15.2. The minimum atomic E-state index is -0.773. The van der Waals surface area contributed by atoms with Crippen LogP contribution in [0.25, 0.3) is 0 Å². The molecule has 0 bridgehead atoms. The molecule has 254 valence electrons. The van der Waals surface area contributed by atoms with Crippen LogP contribution in [0.4, 0.5) is 4.79 Å². The number of carbonyl (C=O) groups excluding carboxylic acids is 4. The molecule has 0 atom stereocenters. The Hall–Kier alpha value is -3.56. The van der Waals surface area contributed by atoms with Crippen molar-refractivity contribution in [1.82, 2.24) is 9.80 Å². The Morgan fingerprint density at radius 2 is 0.956 bits per heavy atom. The summed E-state index contributed by atoms with van der Waals surface area (Å²) in [5.74, 6) is -1.21. The second-order valence-corrected chi connectivity index (χ2v) is 15.6. The predicted octanol–water partition coefficient (Wildman–Crippen LogP) is 6.88. The second kappa shape index (κ2) is 15.1. The summed E-state index contributed by atoms with van der Waals surface area (Å²) in [7, 11) is 3.54. The minimum Gasteiger partial charge on any atom is -0.460 e. The van der Waals surface area contributed by atoms with Crippen molar-refractivity contribution in [3.8, 4) is 5.75 Å². The summed E-state index contributed by atoms with van der Waals surface area (Å²) in [5.41, 5.74) is -0.197. The van der Waals surface area contributed by atoms with Crippen LogP contribution in [-0.4, -0.2) is 61.0 Å². The molecule has 0 fully saturated rings. The molecule has 1 aromatic carbocycles. The number of benzene rings is 1. The molecule has 0 aliphatic carbocycles. The van der Waals surface area contributed by atoms with Crippen LogP contribution in [0.3, 0.4) is 0 Å². The SMILES string of the molecule is C=C(N(C)CCN(C)C(=O)Oc1c(COC(=O)C(C)(C)C)cc(COC(=O)C(C)(C)C)cc1COC(=O)C(C)(C)C)C(C)(C)C. The second-order valence-electron chi connectivity index (χ2n) is 15.6. The highest BCUT2D eigenvalue weighted by molar-refractivity contribution is 5.77. The van der Waals surface area contributed by atoms with Gasteiger partial charge in [-0.05, 0) is 80.0 Å². The topological polar surface area (TPSA) is 112 Å². The lowest BCUT2D eigenvalue weighted by molar-refractivity contribution is -0.154. The zero-order chi connectivity index (χ0) is 35.1. The van der Waals surface area contributed by atoms with Gasteiger partial charge in [-0.2, -0.15) is 0 Å². The van der Waals surface area contributed by atoms with E-state index in [-0.39, 0.29) is 31.0 Å². The monoisotopic (exact) mass is 632 g/mol. The van der Waals surface area contributed by atoms with Gasteiger partial charge in [-0.25, -0.2) is 4.79 Å². The van der Waals surface area contributed by atoms with Crippen molar-refractivity contribution in [3.05, 3.63) is 41.1 Å². The van der Waals surface area contributed by atoms with E-state index in [0.717, 1.165) is 5.70 Å². The average molecular weight is 633 g/mol. The van der Waals surface area contributed by atoms with Gasteiger partial charge in [0.25, 0.3) is 0 Å². The average Bonchev–Trinajstić information content (AvgIpc) is 2.89. The maximum atomic E-state index is 13.4. The minimum absolute atomic E-state index is 0.0886. The summed E-state index contributed by atoms with van der Waals surface area (Å²) in [6.07, 6.45) is -0.650. The summed E-state index contributed by atoms with van der Waals surface area (Å²) in [5, 5.41) is 0. The van der Waals surface area contributed by atoms with Crippen LogP contribution in [0.5, 0.6) is 5.75 Å². The number of ether oxygens (including phenoxy) is 4. The summed E-state index contributed by atoms with van der Waals surface area (Å²) in [4.78, 5) is 54.7. The van der Waals surface area contributed by atoms with Crippen LogP contribution in [0.15, 0.2) is 24.4 Å². The fraction of sp³-hybridized carbons (Fsp3) is 0.657. The predicted molar refractivity (Wildman–Crippen MR) is 174 cm³/mol. The van der Waals surface area contributed by atoms with E-state index in [4.69, 9.17) is 18.9 Å². The van der Waals surface area contributed by atoms with Gasteiger partial charge in [-0.1, -0.05) is 27.4 Å². The number of likely N-dealkylation sites (N-methyl/N-ethyl adjacent to an activating group) is 2. The van der Waals surface area contributed by atoms with Gasteiger partial charge in [0.05, 0.1) is 16.2 Å². The Kier molecular flexibility index (Phi) is 13.3. The van der Waals surface area contributed by atoms with Crippen molar-refractivity contribution in [1.29, 1.82) is 0 Å². The lowest BCUT2D eigenvalue weighted by Gasteiger charge is -2.32. The van der Waals surface area contributed by atoms with Gasteiger partial charge in [0.2, 0.25) is 0 Å². The van der Waals surface area contributed by atoms with E-state index in [2.05, 4.69) is 27.4 Å². The normalized spacial score (nSPS) is 12.2. The summed E-state index contributed by atoms with van der Waals surface area (Å²) in [6, 6.07) is 3.31. The fourth-order valence-corrected chi connectivity index (χ4v) is 3.60. The zero-order valence-electron chi connectivity index (χ0n) is 30.1. The first-order valence-corrected chi connectivity index (χ1v) is 15.2. The standard InChI is InChI=1S/C35H56N2O8/c1-23(32(2,3)4)36(14)16-17-37(15)31(41)45-27-25(21-43-29(39)34(8,9)10)18-24(20-42-28(38)33(5,6)7)19-26(27)22-44-30(40)35(11,12)13/h18-19H,1,16-17,20-22H2,2-15H3. The first-order chi connectivity index (χ1) is 20.2. The Balaban J connectivity index is 3.51. The summed E-state index contributed by atoms with van der Waals surface area (Å²) >= 11 is 0. The van der Waals surface area contributed by atoms with Crippen LogP contribution in [-0.2, 0) is 48.4 Å². The number of amides is 1. The number of rotatable bonds is 11. The third-order valence-electron chi connectivity index (χ3n) is 6.83. The highest BCUT2D eigenvalue weighted by atomic mass is 16.6. The number of esters is 3. The van der Waals surface area contributed by atoms with Gasteiger partial charge >= 0.3 is 24.0 Å². The molecule has 0 aromatic heterocycles. The lowest BCUT2D eigenvalue weighted by atomic mass is 9.92. The third kappa shape index (κ3) is 12.8. The summed E-state index contributed by atoms with van der Waals surface area (Å²) in [6.45, 7) is 26.3. The Labute approximate surface area is 270 Å². The molecular formula is C35H56N2O8. The summed E-state index contributed by atoms with van der Waals surface area (Å²) < 4.78 is 22.7. The van der Waals surface area contributed by atoms with E-state index < -0.39 is 40.2 Å². The van der Waals surface area contributed by atoms with Crippen LogP contribution < -0.4 is 4.74 Å². The maximum absolute atomic E-state index is 13.4. The smallest absolute Gasteiger partial charge is 0.415 e. The Morgan fingerprint density at radius 3 is 1.31 bits per heavy atom. The van der Waals surface area contributed by atoms with Crippen molar-refractivity contribution in [2.75, 3.05) is 27.2 Å². The lowest BCUT2D eigenvalue weighted by Crippen LogP contribution is -2.38. The number of hydrogen-bond donors (Lipinski definition) is 0. The van der Waals surface area contributed by atoms with Gasteiger partial charge in [0.15, 0.2) is 0 Å². The van der Waals surface area contributed by atoms with Gasteiger partial charge < -0.3 is 28.7 Å². The molecule has 0 radical (unpaired) electrons. The Bertz CT molecular complexity index is 1190. The number of allylic oxidation sites excluding steroid dienone is 1. The van der Waals surface area contributed by atoms with Crippen molar-refractivity contribution in [2.45, 2.75) is 103 Å². The highest BCUT2D eigenvalue weighted by Gasteiger charge is 2.28. The van der Waals surface area contributed by atoms with Crippen LogP contribution in [0.2, 0.25) is 0 Å². The maximum Gasteiger partial charge on any atom is 0.415 e. The molecule has 0 unspecified atom stereocenters. The van der Waals surface area contributed by atoms with Crippen molar-refractivity contribution >= 4 is 24.0 Å². The molecular weight excluding hydrogens is 576 g/mol. The number of hydrogen-bond acceptors (Lipinski definition) is 9. The molecule has 0 saturated carbocycles. The number of carbonyl (C=O) groups is 4. The van der Waals surface area contributed by atoms with Crippen LogP contribution in [0, 0.1) is 21.7 Å².